The van der Waals surface area contributed by atoms with E-state index in [9.17, 15) is 4.79 Å². The van der Waals surface area contributed by atoms with Crippen LogP contribution in [0.5, 0.6) is 5.75 Å². The summed E-state index contributed by atoms with van der Waals surface area (Å²) in [5, 5.41) is 4.12. The number of nitrogens with two attached hydrogens (primary N) is 2. The van der Waals surface area contributed by atoms with Crippen LogP contribution < -0.4 is 16.2 Å². The Balaban J connectivity index is 2.46. The van der Waals surface area contributed by atoms with Crippen LogP contribution in [0.15, 0.2) is 30.5 Å². The van der Waals surface area contributed by atoms with Crippen LogP contribution in [-0.2, 0) is 7.05 Å². The third-order valence-electron chi connectivity index (χ3n) is 2.86. The molecule has 0 saturated heterocycles. The van der Waals surface area contributed by atoms with E-state index in [1.807, 2.05) is 20.0 Å². The van der Waals surface area contributed by atoms with Crippen LogP contribution >= 0.6 is 0 Å². The number of carbonyl (C=O) groups is 1. The summed E-state index contributed by atoms with van der Waals surface area (Å²) in [6, 6.07) is 6.84. The number of rotatable bonds is 5. The van der Waals surface area contributed by atoms with Gasteiger partial charge in [0.1, 0.15) is 12.4 Å². The molecule has 2 rings (SSSR count). The first-order valence-corrected chi connectivity index (χ1v) is 6.29. The lowest BCUT2D eigenvalue weighted by Crippen LogP contribution is -2.24. The van der Waals surface area contributed by atoms with Crippen molar-refractivity contribution < 1.29 is 9.53 Å². The molecule has 1 aromatic carbocycles. The maximum Gasteiger partial charge on any atom is 0.248 e. The number of carbonyl (C=O) groups excluding carboxylic acids is 1. The normalized spacial score (nSPS) is 12.2. The van der Waals surface area contributed by atoms with Gasteiger partial charge in [-0.05, 0) is 31.2 Å². The van der Waals surface area contributed by atoms with Crippen LogP contribution in [0.4, 0.5) is 0 Å². The number of hydrogen-bond acceptors (Lipinski definition) is 4. The molecule has 0 spiro atoms. The first kappa shape index (κ1) is 14.1. The Morgan fingerprint density at radius 2 is 2.20 bits per heavy atom. The smallest absolute Gasteiger partial charge is 0.248 e. The SMILES string of the molecule is C[C@H](N)COc1ccc(C(N)=O)cc1-c1ccnn1C. The third kappa shape index (κ3) is 2.97. The first-order valence-electron chi connectivity index (χ1n) is 6.29. The molecule has 2 aromatic rings. The molecular formula is C14H18N4O2. The van der Waals surface area contributed by atoms with Gasteiger partial charge in [-0.1, -0.05) is 0 Å². The second-order valence-electron chi connectivity index (χ2n) is 4.70. The molecular weight excluding hydrogens is 256 g/mol. The summed E-state index contributed by atoms with van der Waals surface area (Å²) < 4.78 is 7.40. The van der Waals surface area contributed by atoms with Crippen LogP contribution in [0.1, 0.15) is 17.3 Å². The topological polar surface area (TPSA) is 96.2 Å². The fourth-order valence-electron chi connectivity index (χ4n) is 1.87. The Bertz CT molecular complexity index is 619. The molecule has 0 bridgehead atoms. The predicted molar refractivity (Wildman–Crippen MR) is 76.3 cm³/mol. The average molecular weight is 274 g/mol. The first-order chi connectivity index (χ1) is 9.49. The lowest BCUT2D eigenvalue weighted by atomic mass is 10.1. The van der Waals surface area contributed by atoms with Gasteiger partial charge < -0.3 is 16.2 Å². The van der Waals surface area contributed by atoms with Crippen LogP contribution in [0.25, 0.3) is 11.3 Å². The molecule has 6 heteroatoms. The maximum absolute atomic E-state index is 11.3. The van der Waals surface area contributed by atoms with Gasteiger partial charge in [0.25, 0.3) is 0 Å². The Labute approximate surface area is 117 Å². The van der Waals surface area contributed by atoms with Crippen LogP contribution in [-0.4, -0.2) is 28.3 Å². The van der Waals surface area contributed by atoms with Gasteiger partial charge in [-0.3, -0.25) is 9.48 Å². The Kier molecular flexibility index (Phi) is 4.05. The van der Waals surface area contributed by atoms with Crippen molar-refractivity contribution in [3.05, 3.63) is 36.0 Å². The molecule has 0 saturated carbocycles. The number of aryl methyl sites for hydroxylation is 1. The minimum Gasteiger partial charge on any atom is -0.491 e. The van der Waals surface area contributed by atoms with E-state index >= 15 is 0 Å². The van der Waals surface area contributed by atoms with Crippen molar-refractivity contribution in [1.29, 1.82) is 0 Å². The number of primary amides is 1. The Hall–Kier alpha value is -2.34. The Morgan fingerprint density at radius 1 is 1.45 bits per heavy atom. The lowest BCUT2D eigenvalue weighted by molar-refractivity contribution is 0.100. The van der Waals surface area contributed by atoms with E-state index in [0.717, 1.165) is 11.3 Å². The zero-order valence-electron chi connectivity index (χ0n) is 11.5. The molecule has 0 aliphatic rings. The molecule has 0 fully saturated rings. The number of benzene rings is 1. The van der Waals surface area contributed by atoms with E-state index in [0.29, 0.717) is 17.9 Å². The van der Waals surface area contributed by atoms with Gasteiger partial charge in [-0.25, -0.2) is 0 Å². The quantitative estimate of drug-likeness (QED) is 0.847. The van der Waals surface area contributed by atoms with Gasteiger partial charge in [-0.15, -0.1) is 0 Å². The van der Waals surface area contributed by atoms with Gasteiger partial charge in [0.15, 0.2) is 0 Å². The summed E-state index contributed by atoms with van der Waals surface area (Å²) in [6.07, 6.45) is 1.68. The second kappa shape index (κ2) is 5.75. The average Bonchev–Trinajstić information content (AvgIpc) is 2.82. The Morgan fingerprint density at radius 3 is 2.75 bits per heavy atom. The standard InChI is InChI=1S/C14H18N4O2/c1-9(15)8-20-13-4-3-10(14(16)19)7-11(13)12-5-6-17-18(12)2/h3-7,9H,8,15H2,1-2H3,(H2,16,19)/t9-/m0/s1. The molecule has 6 nitrogen and oxygen atoms in total. The summed E-state index contributed by atoms with van der Waals surface area (Å²) in [4.78, 5) is 11.3. The number of amides is 1. The van der Waals surface area contributed by atoms with E-state index in [-0.39, 0.29) is 6.04 Å². The predicted octanol–water partition coefficient (Wildman–Crippen LogP) is 0.912. The number of ether oxygens (including phenoxy) is 1. The molecule has 1 amide bonds. The molecule has 1 atom stereocenters. The summed E-state index contributed by atoms with van der Waals surface area (Å²) in [6.45, 7) is 2.25. The highest BCUT2D eigenvalue weighted by Gasteiger charge is 2.13. The number of aromatic nitrogens is 2. The van der Waals surface area contributed by atoms with Crippen molar-refractivity contribution in [2.45, 2.75) is 13.0 Å². The minimum atomic E-state index is -0.479. The van der Waals surface area contributed by atoms with E-state index < -0.39 is 5.91 Å². The number of nitrogens with zero attached hydrogens (tertiary/aromatic N) is 2. The zero-order chi connectivity index (χ0) is 14.7. The number of hydrogen-bond donors (Lipinski definition) is 2. The van der Waals surface area contributed by atoms with E-state index in [1.165, 1.54) is 0 Å². The molecule has 0 unspecified atom stereocenters. The van der Waals surface area contributed by atoms with Crippen molar-refractivity contribution >= 4 is 5.91 Å². The summed E-state index contributed by atoms with van der Waals surface area (Å²) in [7, 11) is 1.82. The van der Waals surface area contributed by atoms with Crippen molar-refractivity contribution in [2.75, 3.05) is 6.61 Å². The second-order valence-corrected chi connectivity index (χ2v) is 4.70. The van der Waals surface area contributed by atoms with Gasteiger partial charge in [0.05, 0.1) is 5.69 Å². The molecule has 0 radical (unpaired) electrons. The summed E-state index contributed by atoms with van der Waals surface area (Å²) in [5.41, 5.74) is 13.1. The largest absolute Gasteiger partial charge is 0.491 e. The molecule has 4 N–H and O–H groups in total. The monoisotopic (exact) mass is 274 g/mol. The van der Waals surface area contributed by atoms with Crippen LogP contribution in [0, 0.1) is 0 Å². The van der Waals surface area contributed by atoms with Crippen molar-refractivity contribution in [2.24, 2.45) is 18.5 Å². The van der Waals surface area contributed by atoms with Crippen LogP contribution in [0.2, 0.25) is 0 Å². The highest BCUT2D eigenvalue weighted by Crippen LogP contribution is 2.30. The van der Waals surface area contributed by atoms with E-state index in [1.54, 1.807) is 29.1 Å². The molecule has 0 aliphatic heterocycles. The highest BCUT2D eigenvalue weighted by atomic mass is 16.5. The van der Waals surface area contributed by atoms with E-state index in [4.69, 9.17) is 16.2 Å². The van der Waals surface area contributed by atoms with Crippen molar-refractivity contribution in [1.82, 2.24) is 9.78 Å². The minimum absolute atomic E-state index is 0.0785. The third-order valence-corrected chi connectivity index (χ3v) is 2.86. The molecule has 20 heavy (non-hydrogen) atoms. The zero-order valence-corrected chi connectivity index (χ0v) is 11.5. The van der Waals surface area contributed by atoms with Crippen molar-refractivity contribution in [3.63, 3.8) is 0 Å². The van der Waals surface area contributed by atoms with Crippen LogP contribution in [0.3, 0.4) is 0 Å². The summed E-state index contributed by atoms with van der Waals surface area (Å²) >= 11 is 0. The highest BCUT2D eigenvalue weighted by molar-refractivity contribution is 5.94. The summed E-state index contributed by atoms with van der Waals surface area (Å²) in [5.74, 6) is 0.170. The molecule has 0 aliphatic carbocycles. The van der Waals surface area contributed by atoms with Gasteiger partial charge in [-0.2, -0.15) is 5.10 Å². The fraction of sp³-hybridized carbons (Fsp3) is 0.286. The molecule has 1 heterocycles. The fourth-order valence-corrected chi connectivity index (χ4v) is 1.87. The molecule has 106 valence electrons. The van der Waals surface area contributed by atoms with Gasteiger partial charge >= 0.3 is 0 Å². The van der Waals surface area contributed by atoms with Gasteiger partial charge in [0, 0.05) is 30.4 Å². The van der Waals surface area contributed by atoms with Gasteiger partial charge in [0.2, 0.25) is 5.91 Å². The molecule has 1 aromatic heterocycles. The van der Waals surface area contributed by atoms with E-state index in [2.05, 4.69) is 5.10 Å². The van der Waals surface area contributed by atoms with Crippen molar-refractivity contribution in [3.8, 4) is 17.0 Å². The maximum atomic E-state index is 11.3. The lowest BCUT2D eigenvalue weighted by Gasteiger charge is -2.14.